The number of carbonyl (C=O) groups excluding carboxylic acids is 1. The molecule has 2 aromatic heterocycles. The third kappa shape index (κ3) is 3.70. The van der Waals surface area contributed by atoms with E-state index < -0.39 is 0 Å². The Kier molecular flexibility index (Phi) is 5.11. The van der Waals surface area contributed by atoms with Crippen LogP contribution in [0, 0.1) is 19.8 Å². The number of hydrogen-bond donors (Lipinski definition) is 1. The molecule has 0 spiro atoms. The number of rotatable bonds is 3. The quantitative estimate of drug-likeness (QED) is 0.911. The lowest BCUT2D eigenvalue weighted by Gasteiger charge is -2.34. The average molecular weight is 362 g/mol. The monoisotopic (exact) mass is 361 g/mol. The first-order valence-electron chi connectivity index (χ1n) is 8.62. The molecule has 3 rings (SSSR count). The predicted molar refractivity (Wildman–Crippen MR) is 98.1 cm³/mol. The minimum Gasteiger partial charge on any atom is -0.337 e. The van der Waals surface area contributed by atoms with Crippen LogP contribution in [-0.4, -0.2) is 44.7 Å². The van der Waals surface area contributed by atoms with Crippen LogP contribution in [0.5, 0.6) is 0 Å². The van der Waals surface area contributed by atoms with E-state index in [0.29, 0.717) is 29.8 Å². The van der Waals surface area contributed by atoms with Crippen molar-refractivity contribution in [3.05, 3.63) is 40.3 Å². The van der Waals surface area contributed by atoms with E-state index in [1.165, 1.54) is 0 Å². The molecule has 1 fully saturated rings. The fourth-order valence-corrected chi connectivity index (χ4v) is 3.52. The number of likely N-dealkylation sites (tertiary alicyclic amines) is 1. The molecule has 134 valence electrons. The molecule has 1 aliphatic rings. The molecule has 0 radical (unpaired) electrons. The molecule has 3 heterocycles. The zero-order valence-corrected chi connectivity index (χ0v) is 15.6. The summed E-state index contributed by atoms with van der Waals surface area (Å²) in [6.07, 6.45) is 2.00. The maximum absolute atomic E-state index is 13.0. The summed E-state index contributed by atoms with van der Waals surface area (Å²) in [6, 6.07) is 5.52. The van der Waals surface area contributed by atoms with Gasteiger partial charge in [-0.25, -0.2) is 9.67 Å². The van der Waals surface area contributed by atoms with Crippen molar-refractivity contribution < 1.29 is 4.79 Å². The number of aryl methyl sites for hydroxylation is 2. The Labute approximate surface area is 153 Å². The van der Waals surface area contributed by atoms with Crippen LogP contribution in [0.2, 0.25) is 5.02 Å². The second-order valence-corrected chi connectivity index (χ2v) is 7.26. The summed E-state index contributed by atoms with van der Waals surface area (Å²) >= 11 is 6.28. The fourth-order valence-electron chi connectivity index (χ4n) is 3.33. The van der Waals surface area contributed by atoms with E-state index >= 15 is 0 Å². The molecule has 2 aromatic rings. The number of amides is 1. The molecule has 1 aliphatic heterocycles. The summed E-state index contributed by atoms with van der Waals surface area (Å²) in [5, 5.41) is 4.79. The topological polar surface area (TPSA) is 77.0 Å². The zero-order chi connectivity index (χ0) is 18.1. The molecule has 0 aromatic carbocycles. The Balaban J connectivity index is 1.90. The zero-order valence-electron chi connectivity index (χ0n) is 14.9. The van der Waals surface area contributed by atoms with E-state index in [1.54, 1.807) is 16.8 Å². The van der Waals surface area contributed by atoms with Gasteiger partial charge in [-0.05, 0) is 57.7 Å². The number of nitrogens with two attached hydrogens (primary N) is 1. The van der Waals surface area contributed by atoms with Crippen molar-refractivity contribution in [3.63, 3.8) is 0 Å². The van der Waals surface area contributed by atoms with Crippen molar-refractivity contribution >= 4 is 17.5 Å². The minimum absolute atomic E-state index is 0.0695. The molecule has 1 saturated heterocycles. The van der Waals surface area contributed by atoms with Gasteiger partial charge < -0.3 is 10.6 Å². The van der Waals surface area contributed by atoms with Gasteiger partial charge >= 0.3 is 0 Å². The highest BCUT2D eigenvalue weighted by molar-refractivity contribution is 6.33. The third-order valence-electron chi connectivity index (χ3n) is 4.75. The van der Waals surface area contributed by atoms with Gasteiger partial charge in [0.1, 0.15) is 5.69 Å². The molecule has 6 nitrogen and oxygen atoms in total. The molecule has 2 N–H and O–H groups in total. The normalized spacial score (nSPS) is 19.1. The SMILES string of the molecule is Cc1cc(C)n(-c2ccc(Cl)c(C(=O)N3CCC[C@@H]([C@@H](C)N)C3)n2)n1. The highest BCUT2D eigenvalue weighted by Crippen LogP contribution is 2.24. The van der Waals surface area contributed by atoms with Gasteiger partial charge in [-0.3, -0.25) is 4.79 Å². The number of pyridine rings is 1. The molecule has 0 saturated carbocycles. The highest BCUT2D eigenvalue weighted by Gasteiger charge is 2.28. The van der Waals surface area contributed by atoms with Gasteiger partial charge in [-0.2, -0.15) is 5.10 Å². The minimum atomic E-state index is -0.140. The second-order valence-electron chi connectivity index (χ2n) is 6.85. The van der Waals surface area contributed by atoms with Crippen LogP contribution >= 0.6 is 11.6 Å². The third-order valence-corrected chi connectivity index (χ3v) is 5.05. The average Bonchev–Trinajstić information content (AvgIpc) is 2.93. The molecule has 1 amide bonds. The van der Waals surface area contributed by atoms with Crippen LogP contribution in [0.1, 0.15) is 41.6 Å². The summed E-state index contributed by atoms with van der Waals surface area (Å²) in [7, 11) is 0. The summed E-state index contributed by atoms with van der Waals surface area (Å²) in [6.45, 7) is 7.24. The van der Waals surface area contributed by atoms with Crippen LogP contribution in [0.3, 0.4) is 0 Å². The van der Waals surface area contributed by atoms with E-state index in [4.69, 9.17) is 17.3 Å². The summed E-state index contributed by atoms with van der Waals surface area (Å²) in [5.74, 6) is 0.772. The molecule has 7 heteroatoms. The number of carbonyl (C=O) groups is 1. The largest absolute Gasteiger partial charge is 0.337 e. The number of nitrogens with zero attached hydrogens (tertiary/aromatic N) is 4. The predicted octanol–water partition coefficient (Wildman–Crippen LogP) is 2.74. The molecule has 0 unspecified atom stereocenters. The lowest BCUT2D eigenvalue weighted by atomic mass is 9.92. The lowest BCUT2D eigenvalue weighted by Crippen LogP contribution is -2.45. The van der Waals surface area contributed by atoms with Gasteiger partial charge in [0.2, 0.25) is 0 Å². The summed E-state index contributed by atoms with van der Waals surface area (Å²) in [4.78, 5) is 19.3. The van der Waals surface area contributed by atoms with Crippen molar-refractivity contribution in [3.8, 4) is 5.82 Å². The first kappa shape index (κ1) is 17.9. The number of halogens is 1. The highest BCUT2D eigenvalue weighted by atomic mass is 35.5. The fraction of sp³-hybridized carbons (Fsp3) is 0.500. The Morgan fingerprint density at radius 3 is 2.80 bits per heavy atom. The van der Waals surface area contributed by atoms with Crippen LogP contribution < -0.4 is 5.73 Å². The van der Waals surface area contributed by atoms with Crippen LogP contribution in [-0.2, 0) is 0 Å². The van der Waals surface area contributed by atoms with Gasteiger partial charge in [0.15, 0.2) is 5.82 Å². The van der Waals surface area contributed by atoms with Crippen LogP contribution in [0.4, 0.5) is 0 Å². The van der Waals surface area contributed by atoms with Crippen molar-refractivity contribution in [1.29, 1.82) is 0 Å². The van der Waals surface area contributed by atoms with Crippen molar-refractivity contribution in [2.75, 3.05) is 13.1 Å². The second kappa shape index (κ2) is 7.14. The standard InChI is InChI=1S/C18H24ClN5O/c1-11-9-12(2)24(22-11)16-7-6-15(19)17(21-16)18(25)23-8-4-5-14(10-23)13(3)20/h6-7,9,13-14H,4-5,8,10,20H2,1-3H3/t13-,14-/m1/s1. The van der Waals surface area contributed by atoms with Gasteiger partial charge in [-0.1, -0.05) is 11.6 Å². The van der Waals surface area contributed by atoms with Crippen molar-refractivity contribution in [1.82, 2.24) is 19.7 Å². The maximum atomic E-state index is 13.0. The number of hydrogen-bond acceptors (Lipinski definition) is 4. The van der Waals surface area contributed by atoms with E-state index in [9.17, 15) is 4.79 Å². The Hall–Kier alpha value is -1.92. The first-order chi connectivity index (χ1) is 11.9. The van der Waals surface area contributed by atoms with Gasteiger partial charge in [-0.15, -0.1) is 0 Å². The van der Waals surface area contributed by atoms with Crippen molar-refractivity contribution in [2.45, 2.75) is 39.7 Å². The molecular formula is C18H24ClN5O. The number of piperidine rings is 1. The maximum Gasteiger partial charge on any atom is 0.274 e. The molecule has 0 aliphatic carbocycles. The van der Waals surface area contributed by atoms with E-state index in [0.717, 1.165) is 24.2 Å². The summed E-state index contributed by atoms with van der Waals surface area (Å²) in [5.41, 5.74) is 8.16. The Bertz CT molecular complexity index is 786. The van der Waals surface area contributed by atoms with Gasteiger partial charge in [0, 0.05) is 24.8 Å². The van der Waals surface area contributed by atoms with E-state index in [1.807, 2.05) is 31.7 Å². The van der Waals surface area contributed by atoms with Crippen LogP contribution in [0.15, 0.2) is 18.2 Å². The first-order valence-corrected chi connectivity index (χ1v) is 8.99. The smallest absolute Gasteiger partial charge is 0.274 e. The van der Waals surface area contributed by atoms with Crippen molar-refractivity contribution in [2.24, 2.45) is 11.7 Å². The summed E-state index contributed by atoms with van der Waals surface area (Å²) < 4.78 is 1.73. The van der Waals surface area contributed by atoms with Gasteiger partial charge in [0.05, 0.1) is 10.7 Å². The van der Waals surface area contributed by atoms with E-state index in [-0.39, 0.29) is 17.6 Å². The molecule has 25 heavy (non-hydrogen) atoms. The van der Waals surface area contributed by atoms with Gasteiger partial charge in [0.25, 0.3) is 5.91 Å². The molecule has 0 bridgehead atoms. The Morgan fingerprint density at radius 2 is 2.16 bits per heavy atom. The van der Waals surface area contributed by atoms with E-state index in [2.05, 4.69) is 10.1 Å². The molecule has 2 atom stereocenters. The Morgan fingerprint density at radius 1 is 1.40 bits per heavy atom. The molecular weight excluding hydrogens is 338 g/mol. The lowest BCUT2D eigenvalue weighted by molar-refractivity contribution is 0.0655. The van der Waals surface area contributed by atoms with Crippen LogP contribution in [0.25, 0.3) is 5.82 Å². The number of aromatic nitrogens is 3.